The number of rotatable bonds is 2. The van der Waals surface area contributed by atoms with Crippen LogP contribution in [-0.2, 0) is 29.1 Å². The largest absolute Gasteiger partial charge is 0.493 e. The van der Waals surface area contributed by atoms with E-state index >= 15 is 0 Å². The molecule has 0 amide bonds. The number of halogens is 6. The number of aliphatic hydroxyl groups is 1. The fourth-order valence-electron chi connectivity index (χ4n) is 1.88. The topological polar surface area (TPSA) is 69.6 Å². The number of alkyl halides is 6. The molecular weight excluding hydrogens is 354 g/mol. The summed E-state index contributed by atoms with van der Waals surface area (Å²) in [6, 6.07) is 0.879. The van der Waals surface area contributed by atoms with Crippen LogP contribution in [0.3, 0.4) is 0 Å². The number of nitrogens with one attached hydrogen (secondary N) is 1. The summed E-state index contributed by atoms with van der Waals surface area (Å²) in [4.78, 5) is 0. The van der Waals surface area contributed by atoms with Crippen LogP contribution in [0.1, 0.15) is 16.7 Å². The summed E-state index contributed by atoms with van der Waals surface area (Å²) in [5.74, 6) is -0.814. The average molecular weight is 362 g/mol. The highest BCUT2D eigenvalue weighted by atomic mass is 32.2. The van der Waals surface area contributed by atoms with Crippen molar-refractivity contribution in [1.82, 2.24) is 9.03 Å². The molecule has 1 aromatic rings. The highest BCUT2D eigenvalue weighted by Gasteiger charge is 2.39. The van der Waals surface area contributed by atoms with Crippen molar-refractivity contribution in [3.63, 3.8) is 0 Å². The summed E-state index contributed by atoms with van der Waals surface area (Å²) >= 11 is 0. The first-order valence-corrected chi connectivity index (χ1v) is 7.22. The molecule has 0 unspecified atom stereocenters. The maximum absolute atomic E-state index is 12.9. The normalized spacial score (nSPS) is 17.8. The van der Waals surface area contributed by atoms with E-state index in [1.807, 2.05) is 0 Å². The minimum atomic E-state index is -5.11. The Balaban J connectivity index is 2.47. The van der Waals surface area contributed by atoms with Gasteiger partial charge < -0.3 is 5.11 Å². The van der Waals surface area contributed by atoms with Gasteiger partial charge in [0.05, 0.1) is 23.9 Å². The molecule has 0 radical (unpaired) electrons. The molecule has 1 aliphatic heterocycles. The van der Waals surface area contributed by atoms with Crippen molar-refractivity contribution in [2.45, 2.75) is 18.9 Å². The van der Waals surface area contributed by atoms with Crippen molar-refractivity contribution in [3.05, 3.63) is 47.0 Å². The fourth-order valence-corrected chi connectivity index (χ4v) is 2.86. The second-order valence-corrected chi connectivity index (χ2v) is 6.16. The minimum Gasteiger partial charge on any atom is -0.493 e. The van der Waals surface area contributed by atoms with Crippen molar-refractivity contribution >= 4 is 10.2 Å². The summed E-state index contributed by atoms with van der Waals surface area (Å²) in [7, 11) is -4.28. The first-order chi connectivity index (χ1) is 10.3. The van der Waals surface area contributed by atoms with Crippen LogP contribution >= 0.6 is 0 Å². The Morgan fingerprint density at radius 1 is 1.09 bits per heavy atom. The lowest BCUT2D eigenvalue weighted by Gasteiger charge is -2.19. The Bertz CT molecular complexity index is 754. The van der Waals surface area contributed by atoms with Crippen LogP contribution in [0.5, 0.6) is 0 Å². The molecule has 0 spiro atoms. The van der Waals surface area contributed by atoms with Crippen LogP contribution in [0.15, 0.2) is 30.3 Å². The first-order valence-electron chi connectivity index (χ1n) is 5.78. The number of hydrogen-bond acceptors (Lipinski definition) is 3. The van der Waals surface area contributed by atoms with Crippen LogP contribution in [0.4, 0.5) is 26.3 Å². The SMILES string of the molecule is O=S1(=O)NC(O)=CN1Cc1ccc(C(F)(F)F)cc1C(F)(F)F. The molecule has 1 aromatic carbocycles. The Morgan fingerprint density at radius 2 is 1.70 bits per heavy atom. The summed E-state index contributed by atoms with van der Waals surface area (Å²) in [6.07, 6.45) is -9.47. The molecule has 1 aliphatic rings. The van der Waals surface area contributed by atoms with Gasteiger partial charge in [0.25, 0.3) is 0 Å². The van der Waals surface area contributed by atoms with E-state index in [1.54, 1.807) is 4.72 Å². The number of hydrogen-bond donors (Lipinski definition) is 2. The Hall–Kier alpha value is -2.11. The van der Waals surface area contributed by atoms with Crippen molar-refractivity contribution in [3.8, 4) is 0 Å². The van der Waals surface area contributed by atoms with Crippen LogP contribution in [0.25, 0.3) is 0 Å². The molecule has 0 aromatic heterocycles. The molecule has 2 rings (SSSR count). The van der Waals surface area contributed by atoms with Crippen LogP contribution in [0, 0.1) is 0 Å². The summed E-state index contributed by atoms with van der Waals surface area (Å²) < 4.78 is 101. The predicted molar refractivity (Wildman–Crippen MR) is 64.8 cm³/mol. The van der Waals surface area contributed by atoms with E-state index in [0.717, 1.165) is 0 Å². The second kappa shape index (κ2) is 5.22. The quantitative estimate of drug-likeness (QED) is 0.795. The number of benzene rings is 1. The molecule has 0 saturated carbocycles. The van der Waals surface area contributed by atoms with Crippen molar-refractivity contribution < 1.29 is 39.9 Å². The van der Waals surface area contributed by atoms with Gasteiger partial charge in [-0.3, -0.25) is 4.31 Å². The third-order valence-corrected chi connectivity index (χ3v) is 4.20. The van der Waals surface area contributed by atoms with Crippen LogP contribution in [0.2, 0.25) is 0 Å². The number of aliphatic hydroxyl groups excluding tert-OH is 1. The van der Waals surface area contributed by atoms with Gasteiger partial charge in [-0.05, 0) is 17.7 Å². The third kappa shape index (κ3) is 3.63. The highest BCUT2D eigenvalue weighted by Crippen LogP contribution is 2.38. The van der Waals surface area contributed by atoms with Gasteiger partial charge in [0, 0.05) is 0 Å². The van der Waals surface area contributed by atoms with Crippen molar-refractivity contribution in [2.75, 3.05) is 0 Å². The zero-order chi connectivity index (χ0) is 17.6. The smallest absolute Gasteiger partial charge is 0.416 e. The van der Waals surface area contributed by atoms with E-state index in [0.29, 0.717) is 22.6 Å². The third-order valence-electron chi connectivity index (χ3n) is 2.88. The van der Waals surface area contributed by atoms with E-state index in [2.05, 4.69) is 0 Å². The maximum Gasteiger partial charge on any atom is 0.416 e. The number of nitrogens with zero attached hydrogens (tertiary/aromatic N) is 1. The Labute approximate surface area is 126 Å². The predicted octanol–water partition coefficient (Wildman–Crippen LogP) is 2.73. The van der Waals surface area contributed by atoms with E-state index in [-0.39, 0.29) is 6.07 Å². The summed E-state index contributed by atoms with van der Waals surface area (Å²) in [5, 5.41) is 9.05. The standard InChI is InChI=1S/C11H8F6N2O3S/c12-10(13,14)7-2-1-6(8(3-7)11(15,16)17)4-19-5-9(20)18-23(19,21)22/h1-3,5,18,20H,4H2. The molecule has 12 heteroatoms. The molecule has 23 heavy (non-hydrogen) atoms. The molecule has 0 fully saturated rings. The van der Waals surface area contributed by atoms with Gasteiger partial charge in [0.2, 0.25) is 5.88 Å². The van der Waals surface area contributed by atoms with E-state index < -0.39 is 51.7 Å². The Morgan fingerprint density at radius 3 is 2.13 bits per heavy atom. The average Bonchev–Trinajstić information content (AvgIpc) is 2.59. The molecule has 0 aliphatic carbocycles. The lowest BCUT2D eigenvalue weighted by Crippen LogP contribution is -2.30. The zero-order valence-electron chi connectivity index (χ0n) is 10.9. The van der Waals surface area contributed by atoms with Crippen molar-refractivity contribution in [2.24, 2.45) is 0 Å². The molecule has 0 saturated heterocycles. The van der Waals surface area contributed by atoms with Gasteiger partial charge in [0.1, 0.15) is 0 Å². The first kappa shape index (κ1) is 17.2. The molecular formula is C11H8F6N2O3S. The molecule has 1 heterocycles. The Kier molecular flexibility index (Phi) is 3.91. The van der Waals surface area contributed by atoms with E-state index in [1.165, 1.54) is 0 Å². The van der Waals surface area contributed by atoms with Gasteiger partial charge in [-0.25, -0.2) is 4.72 Å². The molecule has 5 nitrogen and oxygen atoms in total. The highest BCUT2D eigenvalue weighted by molar-refractivity contribution is 7.87. The monoisotopic (exact) mass is 362 g/mol. The summed E-state index contributed by atoms with van der Waals surface area (Å²) in [6.45, 7) is -0.896. The summed E-state index contributed by atoms with van der Waals surface area (Å²) in [5.41, 5.74) is -3.81. The van der Waals surface area contributed by atoms with Crippen LogP contribution in [-0.4, -0.2) is 17.8 Å². The van der Waals surface area contributed by atoms with E-state index in [4.69, 9.17) is 5.11 Å². The van der Waals surface area contributed by atoms with Gasteiger partial charge in [0.15, 0.2) is 0 Å². The van der Waals surface area contributed by atoms with Gasteiger partial charge in [-0.15, -0.1) is 0 Å². The molecule has 0 atom stereocenters. The second-order valence-electron chi connectivity index (χ2n) is 4.53. The molecule has 0 bridgehead atoms. The van der Waals surface area contributed by atoms with Crippen LogP contribution < -0.4 is 4.72 Å². The van der Waals surface area contributed by atoms with E-state index in [9.17, 15) is 34.8 Å². The molecule has 2 N–H and O–H groups in total. The van der Waals surface area contributed by atoms with Gasteiger partial charge in [-0.2, -0.15) is 34.8 Å². The maximum atomic E-state index is 12.9. The van der Waals surface area contributed by atoms with Gasteiger partial charge >= 0.3 is 22.6 Å². The zero-order valence-corrected chi connectivity index (χ0v) is 11.7. The van der Waals surface area contributed by atoms with Crippen molar-refractivity contribution in [1.29, 1.82) is 0 Å². The lowest BCUT2D eigenvalue weighted by molar-refractivity contribution is -0.143. The lowest BCUT2D eigenvalue weighted by atomic mass is 10.0. The fraction of sp³-hybridized carbons (Fsp3) is 0.273. The van der Waals surface area contributed by atoms with Gasteiger partial charge in [-0.1, -0.05) is 6.07 Å². The molecule has 128 valence electrons. The minimum absolute atomic E-state index is 0.0883.